The van der Waals surface area contributed by atoms with Gasteiger partial charge in [-0.15, -0.1) is 0 Å². The number of nitrogens with one attached hydrogen (secondary N) is 2. The van der Waals surface area contributed by atoms with Gasteiger partial charge in [0.2, 0.25) is 5.91 Å². The van der Waals surface area contributed by atoms with Crippen LogP contribution in [0.4, 0.5) is 0 Å². The van der Waals surface area contributed by atoms with E-state index in [1.807, 2.05) is 0 Å². The number of H-pyrrole nitrogens is 1. The molecule has 1 aliphatic carbocycles. The van der Waals surface area contributed by atoms with Gasteiger partial charge in [0.25, 0.3) is 0 Å². The molecule has 1 aliphatic rings. The second kappa shape index (κ2) is 5.66. The van der Waals surface area contributed by atoms with Gasteiger partial charge < -0.3 is 15.4 Å². The largest absolute Gasteiger partial charge is 0.480 e. The Morgan fingerprint density at radius 2 is 2.22 bits per heavy atom. The van der Waals surface area contributed by atoms with Crippen LogP contribution in [0.25, 0.3) is 0 Å². The first-order chi connectivity index (χ1) is 8.66. The molecule has 0 spiro atoms. The maximum atomic E-state index is 11.9. The molecule has 18 heavy (non-hydrogen) atoms. The van der Waals surface area contributed by atoms with E-state index in [0.717, 1.165) is 25.7 Å². The number of imidazole rings is 1. The van der Waals surface area contributed by atoms with Crippen LogP contribution < -0.4 is 5.32 Å². The Balaban J connectivity index is 1.93. The van der Waals surface area contributed by atoms with Crippen molar-refractivity contribution in [2.75, 3.05) is 0 Å². The number of amides is 1. The van der Waals surface area contributed by atoms with Crippen LogP contribution >= 0.6 is 0 Å². The summed E-state index contributed by atoms with van der Waals surface area (Å²) >= 11 is 0. The van der Waals surface area contributed by atoms with Gasteiger partial charge >= 0.3 is 5.97 Å². The van der Waals surface area contributed by atoms with Crippen LogP contribution in [0.1, 0.15) is 31.4 Å². The molecule has 0 radical (unpaired) electrons. The van der Waals surface area contributed by atoms with Crippen LogP contribution in [0.15, 0.2) is 12.5 Å². The zero-order valence-corrected chi connectivity index (χ0v) is 10.1. The lowest BCUT2D eigenvalue weighted by atomic mass is 10.1. The lowest BCUT2D eigenvalue weighted by Crippen LogP contribution is -2.44. The van der Waals surface area contributed by atoms with Gasteiger partial charge in [0.1, 0.15) is 6.04 Å². The first-order valence-electron chi connectivity index (χ1n) is 6.17. The van der Waals surface area contributed by atoms with Crippen LogP contribution in [-0.2, 0) is 16.0 Å². The van der Waals surface area contributed by atoms with Crippen molar-refractivity contribution in [3.63, 3.8) is 0 Å². The van der Waals surface area contributed by atoms with Crippen molar-refractivity contribution in [2.45, 2.75) is 38.1 Å². The molecule has 6 heteroatoms. The van der Waals surface area contributed by atoms with Crippen LogP contribution in [0.5, 0.6) is 0 Å². The first-order valence-corrected chi connectivity index (χ1v) is 6.17. The molecule has 1 amide bonds. The molecule has 1 heterocycles. The highest BCUT2D eigenvalue weighted by Crippen LogP contribution is 2.24. The standard InChI is InChI=1S/C12H17N3O3/c16-11(8-3-1-2-4-8)15-10(12(17)18)5-9-6-13-7-14-9/h6-8,10H,1-5H2,(H,13,14)(H,15,16)(H,17,18)/t10-/m1/s1. The molecule has 0 saturated heterocycles. The van der Waals surface area contributed by atoms with Gasteiger partial charge in [0.15, 0.2) is 0 Å². The average Bonchev–Trinajstić information content (AvgIpc) is 3.00. The molecule has 0 aromatic carbocycles. The molecule has 0 unspecified atom stereocenters. The Hall–Kier alpha value is -1.85. The summed E-state index contributed by atoms with van der Waals surface area (Å²) in [5.41, 5.74) is 0.703. The third-order valence-electron chi connectivity index (χ3n) is 3.32. The second-order valence-electron chi connectivity index (χ2n) is 4.66. The highest BCUT2D eigenvalue weighted by Gasteiger charge is 2.27. The number of rotatable bonds is 5. The van der Waals surface area contributed by atoms with Crippen molar-refractivity contribution in [3.05, 3.63) is 18.2 Å². The number of aromatic amines is 1. The van der Waals surface area contributed by atoms with Gasteiger partial charge in [0.05, 0.1) is 6.33 Å². The van der Waals surface area contributed by atoms with Gasteiger partial charge in [-0.3, -0.25) is 4.79 Å². The van der Waals surface area contributed by atoms with E-state index in [1.54, 1.807) is 6.20 Å². The normalized spacial score (nSPS) is 17.6. The Bertz CT molecular complexity index is 410. The molecule has 98 valence electrons. The number of nitrogens with zero attached hydrogens (tertiary/aromatic N) is 1. The summed E-state index contributed by atoms with van der Waals surface area (Å²) in [6.07, 6.45) is 7.12. The summed E-state index contributed by atoms with van der Waals surface area (Å²) in [7, 11) is 0. The minimum absolute atomic E-state index is 0.0198. The maximum Gasteiger partial charge on any atom is 0.326 e. The Kier molecular flexibility index (Phi) is 3.96. The molecule has 6 nitrogen and oxygen atoms in total. The lowest BCUT2D eigenvalue weighted by molar-refractivity contribution is -0.142. The van der Waals surface area contributed by atoms with E-state index in [0.29, 0.717) is 5.69 Å². The first kappa shape index (κ1) is 12.6. The summed E-state index contributed by atoms with van der Waals surface area (Å²) in [6.45, 7) is 0. The smallest absolute Gasteiger partial charge is 0.326 e. The van der Waals surface area contributed by atoms with Gasteiger partial charge in [-0.25, -0.2) is 9.78 Å². The molecular weight excluding hydrogens is 234 g/mol. The van der Waals surface area contributed by atoms with E-state index in [9.17, 15) is 9.59 Å². The van der Waals surface area contributed by atoms with E-state index in [4.69, 9.17) is 5.11 Å². The van der Waals surface area contributed by atoms with Crippen LogP contribution in [0.2, 0.25) is 0 Å². The topological polar surface area (TPSA) is 95.1 Å². The van der Waals surface area contributed by atoms with Crippen molar-refractivity contribution < 1.29 is 14.7 Å². The van der Waals surface area contributed by atoms with Crippen LogP contribution in [-0.4, -0.2) is 33.0 Å². The monoisotopic (exact) mass is 251 g/mol. The van der Waals surface area contributed by atoms with E-state index >= 15 is 0 Å². The number of aromatic nitrogens is 2. The Morgan fingerprint density at radius 1 is 1.50 bits per heavy atom. The van der Waals surface area contributed by atoms with E-state index in [2.05, 4.69) is 15.3 Å². The third kappa shape index (κ3) is 3.09. The molecule has 0 aliphatic heterocycles. The van der Waals surface area contributed by atoms with Gasteiger partial charge in [0, 0.05) is 24.2 Å². The summed E-state index contributed by atoms with van der Waals surface area (Å²) < 4.78 is 0. The average molecular weight is 251 g/mol. The van der Waals surface area contributed by atoms with Crippen LogP contribution in [0.3, 0.4) is 0 Å². The molecule has 0 bridgehead atoms. The van der Waals surface area contributed by atoms with E-state index < -0.39 is 12.0 Å². The highest BCUT2D eigenvalue weighted by molar-refractivity contribution is 5.85. The predicted octanol–water partition coefficient (Wildman–Crippen LogP) is 0.712. The molecular formula is C12H17N3O3. The SMILES string of the molecule is O=C(N[C@H](Cc1cnc[nH]1)C(=O)O)C1CCCC1. The predicted molar refractivity (Wildman–Crippen MR) is 63.8 cm³/mol. The minimum Gasteiger partial charge on any atom is -0.480 e. The Labute approximate surface area is 105 Å². The van der Waals surface area contributed by atoms with E-state index in [1.165, 1.54) is 6.33 Å². The number of carboxylic acids is 1. The zero-order chi connectivity index (χ0) is 13.0. The Morgan fingerprint density at radius 3 is 2.78 bits per heavy atom. The lowest BCUT2D eigenvalue weighted by Gasteiger charge is -2.16. The second-order valence-corrected chi connectivity index (χ2v) is 4.66. The van der Waals surface area contributed by atoms with Gasteiger partial charge in [-0.05, 0) is 12.8 Å². The fraction of sp³-hybridized carbons (Fsp3) is 0.583. The molecule has 1 aromatic rings. The number of aliphatic carboxylic acids is 1. The number of hydrogen-bond acceptors (Lipinski definition) is 3. The number of carboxylic acid groups (broad SMARTS) is 1. The zero-order valence-electron chi connectivity index (χ0n) is 10.1. The molecule has 3 N–H and O–H groups in total. The number of carbonyl (C=O) groups excluding carboxylic acids is 1. The molecule has 1 fully saturated rings. The third-order valence-corrected chi connectivity index (χ3v) is 3.32. The molecule has 1 aromatic heterocycles. The summed E-state index contributed by atoms with van der Waals surface area (Å²) in [5, 5.41) is 11.7. The summed E-state index contributed by atoms with van der Waals surface area (Å²) in [6, 6.07) is -0.890. The number of carbonyl (C=O) groups is 2. The summed E-state index contributed by atoms with van der Waals surface area (Å²) in [4.78, 5) is 29.7. The fourth-order valence-corrected chi connectivity index (χ4v) is 2.29. The highest BCUT2D eigenvalue weighted by atomic mass is 16.4. The van der Waals surface area contributed by atoms with Crippen molar-refractivity contribution in [3.8, 4) is 0 Å². The summed E-state index contributed by atoms with van der Waals surface area (Å²) in [5.74, 6) is -1.18. The van der Waals surface area contributed by atoms with Gasteiger partial charge in [-0.2, -0.15) is 0 Å². The van der Waals surface area contributed by atoms with E-state index in [-0.39, 0.29) is 18.2 Å². The molecule has 1 saturated carbocycles. The number of hydrogen-bond donors (Lipinski definition) is 3. The van der Waals surface area contributed by atoms with Crippen molar-refractivity contribution in [1.29, 1.82) is 0 Å². The molecule has 2 rings (SSSR count). The van der Waals surface area contributed by atoms with Crippen LogP contribution in [0, 0.1) is 5.92 Å². The van der Waals surface area contributed by atoms with Crippen molar-refractivity contribution >= 4 is 11.9 Å². The maximum absolute atomic E-state index is 11.9. The molecule has 1 atom stereocenters. The van der Waals surface area contributed by atoms with Gasteiger partial charge in [-0.1, -0.05) is 12.8 Å². The fourth-order valence-electron chi connectivity index (χ4n) is 2.29. The quantitative estimate of drug-likeness (QED) is 0.718. The van der Waals surface area contributed by atoms with Crippen molar-refractivity contribution in [1.82, 2.24) is 15.3 Å². The van der Waals surface area contributed by atoms with Crippen molar-refractivity contribution in [2.24, 2.45) is 5.92 Å². The minimum atomic E-state index is -1.02.